The van der Waals surface area contributed by atoms with Crippen LogP contribution in [0.2, 0.25) is 0 Å². The zero-order valence-electron chi connectivity index (χ0n) is 21.9. The van der Waals surface area contributed by atoms with Gasteiger partial charge in [0.05, 0.1) is 17.8 Å². The molecule has 1 heterocycles. The number of carbonyl (C=O) groups excluding carboxylic acids is 1. The topological polar surface area (TPSA) is 51.5 Å². The lowest BCUT2D eigenvalue weighted by Crippen LogP contribution is -2.31. The molecule has 0 spiro atoms. The predicted octanol–water partition coefficient (Wildman–Crippen LogP) is 4.96. The van der Waals surface area contributed by atoms with Crippen molar-refractivity contribution in [2.75, 3.05) is 60.6 Å². The van der Waals surface area contributed by atoms with Crippen LogP contribution < -0.4 is 0 Å². The Morgan fingerprint density at radius 3 is 2.41 bits per heavy atom. The van der Waals surface area contributed by atoms with Crippen molar-refractivity contribution in [3.63, 3.8) is 0 Å². The molecule has 0 radical (unpaired) electrons. The summed E-state index contributed by atoms with van der Waals surface area (Å²) in [7, 11) is 7.95. The second-order valence-electron chi connectivity index (χ2n) is 7.74. The van der Waals surface area contributed by atoms with Gasteiger partial charge in [-0.05, 0) is 71.2 Å². The summed E-state index contributed by atoms with van der Waals surface area (Å²) in [5, 5.41) is 0. The van der Waals surface area contributed by atoms with Crippen LogP contribution in [0.5, 0.6) is 0 Å². The molecule has 0 aromatic carbocycles. The third kappa shape index (κ3) is 15.0. The molecule has 1 amide bonds. The van der Waals surface area contributed by atoms with Crippen molar-refractivity contribution >= 4 is 30.2 Å². The monoisotopic (exact) mass is 465 g/mol. The predicted molar refractivity (Wildman–Crippen MR) is 146 cm³/mol. The van der Waals surface area contributed by atoms with Crippen molar-refractivity contribution in [2.24, 2.45) is 9.98 Å². The highest BCUT2D eigenvalue weighted by Gasteiger charge is 2.20. The maximum absolute atomic E-state index is 12.4. The van der Waals surface area contributed by atoms with Gasteiger partial charge in [-0.2, -0.15) is 0 Å². The van der Waals surface area contributed by atoms with Crippen molar-refractivity contribution in [2.45, 2.75) is 46.5 Å². The van der Waals surface area contributed by atoms with Crippen LogP contribution in [-0.4, -0.2) is 93.8 Å². The van der Waals surface area contributed by atoms with Crippen LogP contribution in [0.4, 0.5) is 0 Å². The average Bonchev–Trinajstić information content (AvgIpc) is 2.92. The highest BCUT2D eigenvalue weighted by atomic mass is 32.2. The van der Waals surface area contributed by atoms with E-state index in [1.165, 1.54) is 36.8 Å². The number of carbonyl (C=O) groups is 1. The van der Waals surface area contributed by atoms with Crippen LogP contribution in [0.1, 0.15) is 46.5 Å². The Morgan fingerprint density at radius 1 is 1.25 bits per heavy atom. The van der Waals surface area contributed by atoms with Crippen molar-refractivity contribution in [1.82, 2.24) is 14.7 Å². The van der Waals surface area contributed by atoms with E-state index in [0.717, 1.165) is 36.4 Å². The molecule has 0 saturated heterocycles. The molecule has 6 nitrogen and oxygen atoms in total. The van der Waals surface area contributed by atoms with Crippen LogP contribution >= 0.6 is 11.8 Å². The Labute approximate surface area is 202 Å². The minimum absolute atomic E-state index is 0.112. The van der Waals surface area contributed by atoms with E-state index in [-0.39, 0.29) is 5.91 Å². The van der Waals surface area contributed by atoms with Gasteiger partial charge in [-0.15, -0.1) is 24.9 Å². The van der Waals surface area contributed by atoms with E-state index in [1.54, 1.807) is 24.5 Å². The molecule has 0 aromatic heterocycles. The number of rotatable bonds is 11. The summed E-state index contributed by atoms with van der Waals surface area (Å²) in [5.41, 5.74) is 2.28. The SMILES string of the molecule is C=C.CCCCN(C)CCCCN1C=NCC(C)=C(SC)C1=O.CN=C/C=C(\C)N(C)C. The molecule has 0 fully saturated rings. The van der Waals surface area contributed by atoms with Crippen LogP contribution in [0.25, 0.3) is 0 Å². The molecular weight excluding hydrogens is 418 g/mol. The lowest BCUT2D eigenvalue weighted by atomic mass is 10.2. The van der Waals surface area contributed by atoms with Gasteiger partial charge in [0.15, 0.2) is 0 Å². The summed E-state index contributed by atoms with van der Waals surface area (Å²) < 4.78 is 0. The number of amides is 1. The Kier molecular flexibility index (Phi) is 21.2. The lowest BCUT2D eigenvalue weighted by Gasteiger charge is -2.19. The van der Waals surface area contributed by atoms with Crippen molar-refractivity contribution in [1.29, 1.82) is 0 Å². The Balaban J connectivity index is 0. The van der Waals surface area contributed by atoms with E-state index in [9.17, 15) is 4.79 Å². The number of nitrogens with zero attached hydrogens (tertiary/aromatic N) is 5. The highest BCUT2D eigenvalue weighted by molar-refractivity contribution is 8.03. The number of hydrogen-bond acceptors (Lipinski definition) is 6. The second kappa shape index (κ2) is 21.0. The standard InChI is InChI=1S/C16H29N3OS.C7H14N2.C2H4/c1-5-6-9-18(3)10-7-8-11-19-13-17-12-14(2)15(21-4)16(19)20;1-7(9(3)4)5-6-8-2;1-2/h13H,5-12H2,1-4H3;5-6H,1-4H3;1-2H2/b;7-5+,8-6?;. The molecule has 0 atom stereocenters. The van der Waals surface area contributed by atoms with Crippen molar-refractivity contribution in [3.8, 4) is 0 Å². The van der Waals surface area contributed by atoms with Gasteiger partial charge in [0.2, 0.25) is 0 Å². The summed E-state index contributed by atoms with van der Waals surface area (Å²) in [6.07, 6.45) is 12.1. The Morgan fingerprint density at radius 2 is 1.88 bits per heavy atom. The number of unbranched alkanes of at least 4 members (excludes halogenated alkanes) is 2. The molecule has 1 aliphatic rings. The van der Waals surface area contributed by atoms with Gasteiger partial charge in [-0.3, -0.25) is 19.7 Å². The summed E-state index contributed by atoms with van der Waals surface area (Å²) >= 11 is 1.53. The molecular formula is C25H47N5OS. The largest absolute Gasteiger partial charge is 0.381 e. The second-order valence-corrected chi connectivity index (χ2v) is 8.56. The number of allylic oxidation sites excluding steroid dienone is 2. The first-order valence-corrected chi connectivity index (χ1v) is 12.5. The molecule has 32 heavy (non-hydrogen) atoms. The fraction of sp³-hybridized carbons (Fsp3) is 0.640. The fourth-order valence-corrected chi connectivity index (χ4v) is 3.37. The Hall–Kier alpha value is -1.86. The first-order chi connectivity index (χ1) is 15.3. The van der Waals surface area contributed by atoms with Gasteiger partial charge in [0, 0.05) is 39.6 Å². The molecule has 184 valence electrons. The third-order valence-electron chi connectivity index (χ3n) is 4.85. The summed E-state index contributed by atoms with van der Waals surface area (Å²) in [5.74, 6) is 0.112. The molecule has 0 aromatic rings. The van der Waals surface area contributed by atoms with Crippen LogP contribution in [0.15, 0.2) is 45.4 Å². The molecule has 0 aliphatic carbocycles. The van der Waals surface area contributed by atoms with Gasteiger partial charge in [-0.25, -0.2) is 0 Å². The fourth-order valence-electron chi connectivity index (χ4n) is 2.67. The maximum Gasteiger partial charge on any atom is 0.265 e. The molecule has 1 aliphatic heterocycles. The molecule has 0 unspecified atom stereocenters. The molecule has 0 saturated carbocycles. The summed E-state index contributed by atoms with van der Waals surface area (Å²) in [6.45, 7) is 15.9. The highest BCUT2D eigenvalue weighted by Crippen LogP contribution is 2.21. The first-order valence-electron chi connectivity index (χ1n) is 11.3. The quantitative estimate of drug-likeness (QED) is 0.246. The third-order valence-corrected chi connectivity index (χ3v) is 5.78. The van der Waals surface area contributed by atoms with Crippen LogP contribution in [0, 0.1) is 0 Å². The van der Waals surface area contributed by atoms with Crippen LogP contribution in [-0.2, 0) is 4.79 Å². The van der Waals surface area contributed by atoms with Gasteiger partial charge in [0.25, 0.3) is 5.91 Å². The number of thioether (sulfide) groups is 1. The van der Waals surface area contributed by atoms with E-state index in [2.05, 4.69) is 42.0 Å². The molecule has 0 bridgehead atoms. The number of aliphatic imine (C=N–C) groups is 2. The first kappa shape index (κ1) is 32.3. The minimum Gasteiger partial charge on any atom is -0.381 e. The molecule has 0 N–H and O–H groups in total. The van der Waals surface area contributed by atoms with Gasteiger partial charge < -0.3 is 9.80 Å². The van der Waals surface area contributed by atoms with E-state index >= 15 is 0 Å². The smallest absolute Gasteiger partial charge is 0.265 e. The normalized spacial score (nSPS) is 14.2. The average molecular weight is 466 g/mol. The zero-order chi connectivity index (χ0) is 24.9. The summed E-state index contributed by atoms with van der Waals surface area (Å²) in [6, 6.07) is 0. The van der Waals surface area contributed by atoms with E-state index in [0.29, 0.717) is 6.54 Å². The summed E-state index contributed by atoms with van der Waals surface area (Å²) in [4.78, 5) is 27.6. The maximum atomic E-state index is 12.4. The van der Waals surface area contributed by atoms with Crippen LogP contribution in [0.3, 0.4) is 0 Å². The minimum atomic E-state index is 0.112. The van der Waals surface area contributed by atoms with Gasteiger partial charge >= 0.3 is 0 Å². The van der Waals surface area contributed by atoms with Crippen molar-refractivity contribution < 1.29 is 4.79 Å². The lowest BCUT2D eigenvalue weighted by molar-refractivity contribution is -0.122. The van der Waals surface area contributed by atoms with Gasteiger partial charge in [0.1, 0.15) is 0 Å². The molecule has 1 rings (SSSR count). The zero-order valence-corrected chi connectivity index (χ0v) is 22.7. The van der Waals surface area contributed by atoms with E-state index < -0.39 is 0 Å². The Bertz CT molecular complexity index is 626. The van der Waals surface area contributed by atoms with E-state index in [4.69, 9.17) is 0 Å². The van der Waals surface area contributed by atoms with Gasteiger partial charge in [-0.1, -0.05) is 13.3 Å². The van der Waals surface area contributed by atoms with E-state index in [1.807, 2.05) is 45.2 Å². The molecule has 7 heteroatoms. The number of hydrogen-bond donors (Lipinski definition) is 0. The van der Waals surface area contributed by atoms with Crippen molar-refractivity contribution in [3.05, 3.63) is 35.4 Å².